The average molecular weight is 300 g/mol. The Balaban J connectivity index is 2.05. The monoisotopic (exact) mass is 300 g/mol. The van der Waals surface area contributed by atoms with Crippen LogP contribution in [0.2, 0.25) is 0 Å². The molecule has 0 saturated heterocycles. The van der Waals surface area contributed by atoms with Gasteiger partial charge in [-0.15, -0.1) is 0 Å². The molecule has 6 heteroatoms. The predicted molar refractivity (Wildman–Crippen MR) is 83.0 cm³/mol. The molecule has 0 saturated carbocycles. The number of amides is 1. The van der Waals surface area contributed by atoms with Crippen LogP contribution < -0.4 is 4.90 Å². The van der Waals surface area contributed by atoms with Gasteiger partial charge in [0.05, 0.1) is 11.8 Å². The van der Waals surface area contributed by atoms with E-state index in [0.29, 0.717) is 0 Å². The van der Waals surface area contributed by atoms with Crippen LogP contribution >= 0.6 is 11.8 Å². The number of aromatic nitrogens is 2. The number of thioether (sulfide) groups is 1. The fourth-order valence-electron chi connectivity index (χ4n) is 1.88. The minimum Gasteiger partial charge on any atom is -0.326 e. The maximum Gasteiger partial charge on any atom is 0.238 e. The van der Waals surface area contributed by atoms with Gasteiger partial charge in [-0.2, -0.15) is 5.26 Å². The number of nitrogens with zero attached hydrogens (tertiary/aromatic N) is 4. The highest BCUT2D eigenvalue weighted by Crippen LogP contribution is 2.19. The first-order valence-electron chi connectivity index (χ1n) is 6.62. The number of carbonyl (C=O) groups excluding carboxylic acids is 1. The van der Waals surface area contributed by atoms with Gasteiger partial charge in [0.15, 0.2) is 5.16 Å². The Bertz CT molecular complexity index is 633. The van der Waals surface area contributed by atoms with Gasteiger partial charge in [-0.1, -0.05) is 30.0 Å². The number of benzene rings is 1. The number of anilines is 1. The third-order valence-electron chi connectivity index (χ3n) is 2.94. The summed E-state index contributed by atoms with van der Waals surface area (Å²) < 4.78 is 1.98. The number of rotatable bonds is 6. The van der Waals surface area contributed by atoms with E-state index in [4.69, 9.17) is 5.26 Å². The third-order valence-corrected chi connectivity index (χ3v) is 3.93. The fourth-order valence-corrected chi connectivity index (χ4v) is 2.78. The number of nitriles is 1. The van der Waals surface area contributed by atoms with Crippen molar-refractivity contribution in [1.29, 1.82) is 5.26 Å². The van der Waals surface area contributed by atoms with Crippen molar-refractivity contribution in [2.24, 2.45) is 0 Å². The van der Waals surface area contributed by atoms with Gasteiger partial charge in [0.25, 0.3) is 0 Å². The van der Waals surface area contributed by atoms with Crippen molar-refractivity contribution >= 4 is 23.4 Å². The predicted octanol–water partition coefficient (Wildman–Crippen LogP) is 2.55. The van der Waals surface area contributed by atoms with E-state index < -0.39 is 0 Å². The summed E-state index contributed by atoms with van der Waals surface area (Å²) >= 11 is 1.39. The second-order valence-corrected chi connectivity index (χ2v) is 5.20. The molecule has 0 radical (unpaired) electrons. The molecule has 2 aromatic rings. The molecule has 0 fully saturated rings. The van der Waals surface area contributed by atoms with Crippen LogP contribution in [0.25, 0.3) is 0 Å². The number of imidazole rings is 1. The van der Waals surface area contributed by atoms with E-state index in [9.17, 15) is 4.79 Å². The average Bonchev–Trinajstić information content (AvgIpc) is 2.98. The molecule has 1 amide bonds. The Kier molecular flexibility index (Phi) is 5.41. The Morgan fingerprint density at radius 2 is 2.19 bits per heavy atom. The summed E-state index contributed by atoms with van der Waals surface area (Å²) in [5, 5.41) is 9.73. The molecule has 21 heavy (non-hydrogen) atoms. The molecule has 0 bridgehead atoms. The highest BCUT2D eigenvalue weighted by Gasteiger charge is 2.16. The van der Waals surface area contributed by atoms with Crippen LogP contribution in [0, 0.1) is 11.3 Å². The summed E-state index contributed by atoms with van der Waals surface area (Å²) in [7, 11) is 0. The second kappa shape index (κ2) is 7.50. The lowest BCUT2D eigenvalue weighted by Gasteiger charge is -2.19. The van der Waals surface area contributed by atoms with E-state index in [-0.39, 0.29) is 18.2 Å². The molecular formula is C15H16N4OS. The molecule has 1 aromatic heterocycles. The minimum absolute atomic E-state index is 0.0472. The Morgan fingerprint density at radius 1 is 1.43 bits per heavy atom. The van der Waals surface area contributed by atoms with Crippen LogP contribution in [-0.4, -0.2) is 27.8 Å². The van der Waals surface area contributed by atoms with Crippen molar-refractivity contribution in [3.8, 4) is 6.07 Å². The van der Waals surface area contributed by atoms with E-state index in [1.807, 2.05) is 54.1 Å². The van der Waals surface area contributed by atoms with Gasteiger partial charge in [0.1, 0.15) is 6.54 Å². The molecule has 2 rings (SSSR count). The Hall–Kier alpha value is -2.26. The van der Waals surface area contributed by atoms with Crippen molar-refractivity contribution in [1.82, 2.24) is 9.55 Å². The number of hydrogen-bond acceptors (Lipinski definition) is 4. The lowest BCUT2D eigenvalue weighted by Crippen LogP contribution is -2.32. The van der Waals surface area contributed by atoms with Crippen LogP contribution in [-0.2, 0) is 11.3 Å². The van der Waals surface area contributed by atoms with Gasteiger partial charge in [-0.05, 0) is 19.1 Å². The maximum atomic E-state index is 12.3. The van der Waals surface area contributed by atoms with Crippen LogP contribution in [0.1, 0.15) is 6.92 Å². The quantitative estimate of drug-likeness (QED) is 0.607. The summed E-state index contributed by atoms with van der Waals surface area (Å²) in [5.41, 5.74) is 0.739. The molecule has 1 heterocycles. The zero-order valence-corrected chi connectivity index (χ0v) is 12.6. The summed E-state index contributed by atoms with van der Waals surface area (Å²) in [4.78, 5) is 18.1. The minimum atomic E-state index is -0.0987. The fraction of sp³-hybridized carbons (Fsp3) is 0.267. The largest absolute Gasteiger partial charge is 0.326 e. The Labute approximate surface area is 128 Å². The van der Waals surface area contributed by atoms with Crippen molar-refractivity contribution in [2.45, 2.75) is 18.6 Å². The van der Waals surface area contributed by atoms with Crippen molar-refractivity contribution in [2.75, 3.05) is 17.2 Å². The van der Waals surface area contributed by atoms with E-state index in [0.717, 1.165) is 17.4 Å². The first-order chi connectivity index (χ1) is 10.3. The van der Waals surface area contributed by atoms with Gasteiger partial charge in [0, 0.05) is 24.6 Å². The molecule has 0 aliphatic carbocycles. The van der Waals surface area contributed by atoms with E-state index >= 15 is 0 Å². The highest BCUT2D eigenvalue weighted by molar-refractivity contribution is 7.99. The molecule has 0 aliphatic rings. The number of hydrogen-bond donors (Lipinski definition) is 0. The first-order valence-corrected chi connectivity index (χ1v) is 7.61. The first kappa shape index (κ1) is 15.1. The van der Waals surface area contributed by atoms with Crippen LogP contribution in [0.4, 0.5) is 5.69 Å². The smallest absolute Gasteiger partial charge is 0.238 e. The summed E-state index contributed by atoms with van der Waals surface area (Å²) in [5.74, 6) is 0.159. The molecular weight excluding hydrogens is 284 g/mol. The summed E-state index contributed by atoms with van der Waals surface area (Å²) in [6, 6.07) is 11.3. The molecule has 1 aromatic carbocycles. The van der Waals surface area contributed by atoms with Gasteiger partial charge in [-0.3, -0.25) is 9.69 Å². The van der Waals surface area contributed by atoms with Gasteiger partial charge < -0.3 is 4.57 Å². The summed E-state index contributed by atoms with van der Waals surface area (Å²) in [6.45, 7) is 2.89. The maximum absolute atomic E-state index is 12.3. The van der Waals surface area contributed by atoms with Crippen LogP contribution in [0.5, 0.6) is 0 Å². The molecule has 108 valence electrons. The van der Waals surface area contributed by atoms with E-state index in [1.54, 1.807) is 6.20 Å². The molecule has 0 unspecified atom stereocenters. The van der Waals surface area contributed by atoms with Gasteiger partial charge in [-0.25, -0.2) is 4.98 Å². The second-order valence-electron chi connectivity index (χ2n) is 4.26. The normalized spacial score (nSPS) is 10.1. The van der Waals surface area contributed by atoms with Crippen molar-refractivity contribution < 1.29 is 4.79 Å². The van der Waals surface area contributed by atoms with E-state index in [1.165, 1.54) is 16.7 Å². The van der Waals surface area contributed by atoms with Crippen molar-refractivity contribution in [3.05, 3.63) is 42.7 Å². The zero-order chi connectivity index (χ0) is 15.1. The third kappa shape index (κ3) is 3.86. The SMILES string of the molecule is CCn1ccnc1SCC(=O)N(CC#N)c1ccccc1. The van der Waals surface area contributed by atoms with Gasteiger partial charge >= 0.3 is 0 Å². The standard InChI is InChI=1S/C15H16N4OS/c1-2-18-11-9-17-15(18)21-12-14(20)19(10-8-16)13-6-4-3-5-7-13/h3-7,9,11H,2,10,12H2,1H3. The lowest BCUT2D eigenvalue weighted by atomic mass is 10.3. The number of carbonyl (C=O) groups is 1. The zero-order valence-electron chi connectivity index (χ0n) is 11.8. The molecule has 0 N–H and O–H groups in total. The highest BCUT2D eigenvalue weighted by atomic mass is 32.2. The number of aryl methyl sites for hydroxylation is 1. The summed E-state index contributed by atoms with van der Waals surface area (Å²) in [6.07, 6.45) is 3.61. The Morgan fingerprint density at radius 3 is 2.86 bits per heavy atom. The molecule has 0 aliphatic heterocycles. The van der Waals surface area contributed by atoms with Crippen molar-refractivity contribution in [3.63, 3.8) is 0 Å². The lowest BCUT2D eigenvalue weighted by molar-refractivity contribution is -0.116. The van der Waals surface area contributed by atoms with Crippen LogP contribution in [0.3, 0.4) is 0 Å². The molecule has 0 atom stereocenters. The van der Waals surface area contributed by atoms with E-state index in [2.05, 4.69) is 4.98 Å². The van der Waals surface area contributed by atoms with Crippen LogP contribution in [0.15, 0.2) is 47.9 Å². The molecule has 0 spiro atoms. The van der Waals surface area contributed by atoms with Gasteiger partial charge in [0.2, 0.25) is 5.91 Å². The topological polar surface area (TPSA) is 61.9 Å². The number of para-hydroxylation sites is 1. The molecule has 5 nitrogen and oxygen atoms in total.